The second-order valence-electron chi connectivity index (χ2n) is 7.63. The number of aryl methyl sites for hydroxylation is 2. The van der Waals surface area contributed by atoms with Crippen LogP contribution in [0.4, 0.5) is 5.69 Å². The average molecular weight is 448 g/mol. The third-order valence-corrected chi connectivity index (χ3v) is 6.95. The van der Waals surface area contributed by atoms with Gasteiger partial charge in [0.2, 0.25) is 0 Å². The van der Waals surface area contributed by atoms with Crippen LogP contribution in [0.25, 0.3) is 5.57 Å². The topological polar surface area (TPSA) is 37.4 Å². The lowest BCUT2D eigenvalue weighted by atomic mass is 9.98. The molecule has 0 saturated heterocycles. The quantitative estimate of drug-likeness (QED) is 0.420. The first-order chi connectivity index (χ1) is 14.9. The lowest BCUT2D eigenvalue weighted by molar-refractivity contribution is -0.119. The van der Waals surface area contributed by atoms with E-state index in [9.17, 15) is 9.59 Å². The number of amides is 2. The Morgan fingerprint density at radius 1 is 0.871 bits per heavy atom. The van der Waals surface area contributed by atoms with E-state index in [2.05, 4.69) is 0 Å². The number of hydrogen-bond acceptors (Lipinski definition) is 3. The van der Waals surface area contributed by atoms with Crippen LogP contribution in [0.2, 0.25) is 5.02 Å². The molecule has 0 aliphatic carbocycles. The van der Waals surface area contributed by atoms with E-state index in [1.54, 1.807) is 18.2 Å². The summed E-state index contributed by atoms with van der Waals surface area (Å²) in [5.74, 6) is -0.00412. The maximum absolute atomic E-state index is 13.6. The van der Waals surface area contributed by atoms with Crippen LogP contribution >= 0.6 is 23.4 Å². The monoisotopic (exact) mass is 447 g/mol. The first-order valence-corrected chi connectivity index (χ1v) is 11.4. The normalized spacial score (nSPS) is 14.0. The van der Waals surface area contributed by atoms with Gasteiger partial charge < -0.3 is 0 Å². The molecule has 0 aromatic heterocycles. The van der Waals surface area contributed by atoms with Crippen LogP contribution in [0, 0.1) is 20.8 Å². The van der Waals surface area contributed by atoms with Gasteiger partial charge in [0.05, 0.1) is 16.2 Å². The highest BCUT2D eigenvalue weighted by Gasteiger charge is 2.41. The van der Waals surface area contributed by atoms with Crippen molar-refractivity contribution < 1.29 is 9.59 Å². The third kappa shape index (κ3) is 4.06. The fraction of sp³-hybridized carbons (Fsp3) is 0.154. The molecule has 3 aromatic carbocycles. The summed E-state index contributed by atoms with van der Waals surface area (Å²) in [5.41, 5.74) is 5.67. The zero-order chi connectivity index (χ0) is 22.1. The largest absolute Gasteiger partial charge is 0.272 e. The van der Waals surface area contributed by atoms with E-state index in [1.807, 2.05) is 69.3 Å². The van der Waals surface area contributed by atoms with Gasteiger partial charge in [-0.05, 0) is 55.2 Å². The van der Waals surface area contributed by atoms with E-state index in [4.69, 9.17) is 11.6 Å². The first-order valence-electron chi connectivity index (χ1n) is 10.0. The number of benzene rings is 3. The lowest BCUT2D eigenvalue weighted by Crippen LogP contribution is -2.32. The Labute approximate surface area is 191 Å². The predicted molar refractivity (Wildman–Crippen MR) is 129 cm³/mol. The predicted octanol–water partition coefficient (Wildman–Crippen LogP) is 6.48. The van der Waals surface area contributed by atoms with Gasteiger partial charge in [0, 0.05) is 10.8 Å². The number of halogens is 1. The summed E-state index contributed by atoms with van der Waals surface area (Å²) in [7, 11) is 0. The second-order valence-corrected chi connectivity index (χ2v) is 9.02. The molecule has 0 spiro atoms. The summed E-state index contributed by atoms with van der Waals surface area (Å²) in [6.45, 7) is 5.81. The van der Waals surface area contributed by atoms with Gasteiger partial charge in [-0.15, -0.1) is 11.8 Å². The number of anilines is 1. The Bertz CT molecular complexity index is 1220. The van der Waals surface area contributed by atoms with Crippen molar-refractivity contribution in [1.82, 2.24) is 0 Å². The third-order valence-electron chi connectivity index (χ3n) is 5.40. The molecule has 0 N–H and O–H groups in total. The van der Waals surface area contributed by atoms with Crippen molar-refractivity contribution in [3.8, 4) is 0 Å². The summed E-state index contributed by atoms with van der Waals surface area (Å²) < 4.78 is 0. The van der Waals surface area contributed by atoms with E-state index < -0.39 is 0 Å². The van der Waals surface area contributed by atoms with E-state index in [0.29, 0.717) is 32.5 Å². The number of nitrogens with zero attached hydrogens (tertiary/aromatic N) is 1. The van der Waals surface area contributed by atoms with Gasteiger partial charge in [-0.3, -0.25) is 9.59 Å². The Hall–Kier alpha value is -2.82. The van der Waals surface area contributed by atoms with Crippen molar-refractivity contribution in [3.63, 3.8) is 0 Å². The molecular formula is C26H22ClNO2S. The highest BCUT2D eigenvalue weighted by molar-refractivity contribution is 8.03. The molecule has 5 heteroatoms. The van der Waals surface area contributed by atoms with Crippen LogP contribution in [0.3, 0.4) is 0 Å². The molecule has 3 nitrogen and oxygen atoms in total. The van der Waals surface area contributed by atoms with Crippen LogP contribution in [-0.4, -0.2) is 11.8 Å². The van der Waals surface area contributed by atoms with Gasteiger partial charge in [-0.2, -0.15) is 0 Å². The van der Waals surface area contributed by atoms with E-state index in [1.165, 1.54) is 16.7 Å². The molecule has 31 heavy (non-hydrogen) atoms. The van der Waals surface area contributed by atoms with Crippen LogP contribution in [0.1, 0.15) is 27.8 Å². The second kappa shape index (κ2) is 8.74. The van der Waals surface area contributed by atoms with Gasteiger partial charge >= 0.3 is 0 Å². The molecule has 1 heterocycles. The average Bonchev–Trinajstić information content (AvgIpc) is 2.99. The molecule has 1 aliphatic heterocycles. The van der Waals surface area contributed by atoms with Gasteiger partial charge in [0.1, 0.15) is 0 Å². The van der Waals surface area contributed by atoms with Crippen LogP contribution in [0.15, 0.2) is 71.6 Å². The van der Waals surface area contributed by atoms with Crippen molar-refractivity contribution in [3.05, 3.63) is 104 Å². The Kier molecular flexibility index (Phi) is 6.03. The standard InChI is InChI=1S/C26H22ClNO2S/c1-16-12-13-20(17(2)14-16)23-24(31-15-19-8-5-4-6-9-19)26(30)28(25(23)29)22-11-7-10-21(27)18(22)3/h4-14H,15H2,1-3H3. The molecule has 0 saturated carbocycles. The minimum Gasteiger partial charge on any atom is -0.268 e. The highest BCUT2D eigenvalue weighted by Crippen LogP contribution is 2.42. The Morgan fingerprint density at radius 3 is 2.32 bits per heavy atom. The SMILES string of the molecule is Cc1ccc(C2=C(SCc3ccccc3)C(=O)N(c3cccc(Cl)c3C)C2=O)c(C)c1. The van der Waals surface area contributed by atoms with Crippen LogP contribution in [0.5, 0.6) is 0 Å². The summed E-state index contributed by atoms with van der Waals surface area (Å²) in [4.78, 5) is 28.9. The molecule has 0 bridgehead atoms. The summed E-state index contributed by atoms with van der Waals surface area (Å²) in [6.07, 6.45) is 0. The molecule has 3 aromatic rings. The van der Waals surface area contributed by atoms with Gasteiger partial charge in [0.25, 0.3) is 11.8 Å². The van der Waals surface area contributed by atoms with Crippen LogP contribution in [-0.2, 0) is 15.3 Å². The van der Waals surface area contributed by atoms with E-state index in [-0.39, 0.29) is 11.8 Å². The maximum atomic E-state index is 13.6. The molecule has 0 fully saturated rings. The molecule has 0 radical (unpaired) electrons. The molecular weight excluding hydrogens is 426 g/mol. The Morgan fingerprint density at radius 2 is 1.61 bits per heavy atom. The van der Waals surface area contributed by atoms with Gasteiger partial charge in [0.15, 0.2) is 0 Å². The summed E-state index contributed by atoms with van der Waals surface area (Å²) >= 11 is 7.70. The number of rotatable bonds is 5. The zero-order valence-corrected chi connectivity index (χ0v) is 19.2. The lowest BCUT2D eigenvalue weighted by Gasteiger charge is -2.18. The maximum Gasteiger partial charge on any atom is 0.272 e. The smallest absolute Gasteiger partial charge is 0.268 e. The molecule has 1 aliphatic rings. The minimum absolute atomic E-state index is 0.300. The van der Waals surface area contributed by atoms with Gasteiger partial charge in [-0.1, -0.05) is 71.8 Å². The molecule has 156 valence electrons. The molecule has 2 amide bonds. The molecule has 4 rings (SSSR count). The van der Waals surface area contributed by atoms with Crippen molar-refractivity contribution in [2.75, 3.05) is 4.90 Å². The Balaban J connectivity index is 1.81. The van der Waals surface area contributed by atoms with Crippen molar-refractivity contribution in [2.24, 2.45) is 0 Å². The fourth-order valence-electron chi connectivity index (χ4n) is 3.76. The summed E-state index contributed by atoms with van der Waals surface area (Å²) in [5, 5.41) is 0.525. The summed E-state index contributed by atoms with van der Waals surface area (Å²) in [6, 6.07) is 21.2. The number of thioether (sulfide) groups is 1. The van der Waals surface area contributed by atoms with E-state index >= 15 is 0 Å². The first kappa shape index (κ1) is 21.4. The number of imide groups is 1. The van der Waals surface area contributed by atoms with Crippen molar-refractivity contribution in [2.45, 2.75) is 26.5 Å². The fourth-order valence-corrected chi connectivity index (χ4v) is 4.99. The number of carbonyl (C=O) groups excluding carboxylic acids is 2. The highest BCUT2D eigenvalue weighted by atomic mass is 35.5. The number of carbonyl (C=O) groups is 2. The van der Waals surface area contributed by atoms with Crippen LogP contribution < -0.4 is 4.90 Å². The minimum atomic E-state index is -0.308. The van der Waals surface area contributed by atoms with E-state index in [0.717, 1.165) is 22.3 Å². The number of hydrogen-bond donors (Lipinski definition) is 0. The molecule has 0 atom stereocenters. The molecule has 0 unspecified atom stereocenters. The van der Waals surface area contributed by atoms with Crippen molar-refractivity contribution in [1.29, 1.82) is 0 Å². The zero-order valence-electron chi connectivity index (χ0n) is 17.6. The van der Waals surface area contributed by atoms with Crippen molar-refractivity contribution >= 4 is 46.4 Å². The van der Waals surface area contributed by atoms with Gasteiger partial charge in [-0.25, -0.2) is 4.90 Å².